The van der Waals surface area contributed by atoms with Gasteiger partial charge in [0.25, 0.3) is 11.8 Å². The minimum absolute atomic E-state index is 0.226. The second-order valence-electron chi connectivity index (χ2n) is 5.25. The zero-order valence-electron chi connectivity index (χ0n) is 13.7. The summed E-state index contributed by atoms with van der Waals surface area (Å²) in [5, 5.41) is 11.0. The summed E-state index contributed by atoms with van der Waals surface area (Å²) in [7, 11) is 5.06. The van der Waals surface area contributed by atoms with E-state index in [2.05, 4.69) is 31.4 Å². The molecule has 0 fully saturated rings. The highest BCUT2D eigenvalue weighted by molar-refractivity contribution is 9.10. The topological polar surface area (TPSA) is 85.0 Å². The standard InChI is InChI=1S/C14H19BrN6O2/c1-6-21-12(14(23)19(3)4)9(7-16-21)17-13(22)11-10(15)8(2)20(5)18-11/h7H,6H2,1-5H3,(H,17,22). The monoisotopic (exact) mass is 382 g/mol. The Morgan fingerprint density at radius 3 is 2.52 bits per heavy atom. The number of hydrogen-bond donors (Lipinski definition) is 1. The summed E-state index contributed by atoms with van der Waals surface area (Å²) < 4.78 is 3.79. The van der Waals surface area contributed by atoms with Crippen LogP contribution in [0.5, 0.6) is 0 Å². The molecule has 2 aromatic rings. The number of aryl methyl sites for hydroxylation is 2. The Morgan fingerprint density at radius 2 is 2.04 bits per heavy atom. The Hall–Kier alpha value is -2.16. The number of carbonyl (C=O) groups excluding carboxylic acids is 2. The van der Waals surface area contributed by atoms with Crippen LogP contribution in [0.4, 0.5) is 5.69 Å². The molecule has 1 N–H and O–H groups in total. The van der Waals surface area contributed by atoms with Gasteiger partial charge in [0.05, 0.1) is 22.1 Å². The first-order chi connectivity index (χ1) is 10.8. The summed E-state index contributed by atoms with van der Waals surface area (Å²) in [4.78, 5) is 26.2. The van der Waals surface area contributed by atoms with Crippen LogP contribution in [0.2, 0.25) is 0 Å². The van der Waals surface area contributed by atoms with E-state index in [1.807, 2.05) is 13.8 Å². The predicted octanol–water partition coefficient (Wildman–Crippen LogP) is 1.66. The van der Waals surface area contributed by atoms with Gasteiger partial charge in [0.1, 0.15) is 5.69 Å². The van der Waals surface area contributed by atoms with Crippen LogP contribution in [0.25, 0.3) is 0 Å². The van der Waals surface area contributed by atoms with E-state index in [0.717, 1.165) is 5.69 Å². The first-order valence-corrected chi connectivity index (χ1v) is 7.85. The second kappa shape index (κ2) is 6.53. The summed E-state index contributed by atoms with van der Waals surface area (Å²) in [6.07, 6.45) is 1.47. The van der Waals surface area contributed by atoms with Gasteiger partial charge in [-0.3, -0.25) is 19.0 Å². The van der Waals surface area contributed by atoms with E-state index in [4.69, 9.17) is 0 Å². The molecule has 0 aromatic carbocycles. The zero-order chi connectivity index (χ0) is 17.3. The van der Waals surface area contributed by atoms with E-state index < -0.39 is 5.91 Å². The van der Waals surface area contributed by atoms with E-state index in [-0.39, 0.29) is 11.6 Å². The molecular weight excluding hydrogens is 364 g/mol. The van der Waals surface area contributed by atoms with Gasteiger partial charge in [-0.2, -0.15) is 10.2 Å². The third-order valence-corrected chi connectivity index (χ3v) is 4.42. The molecule has 2 rings (SSSR count). The van der Waals surface area contributed by atoms with Crippen LogP contribution in [0.15, 0.2) is 10.7 Å². The van der Waals surface area contributed by atoms with Crippen LogP contribution in [0.3, 0.4) is 0 Å². The molecule has 0 aliphatic carbocycles. The number of aromatic nitrogens is 4. The summed E-state index contributed by atoms with van der Waals surface area (Å²) in [5.41, 5.74) is 1.81. The summed E-state index contributed by atoms with van der Waals surface area (Å²) >= 11 is 3.36. The molecule has 0 aliphatic heterocycles. The van der Waals surface area contributed by atoms with Gasteiger partial charge in [-0.1, -0.05) is 0 Å². The van der Waals surface area contributed by atoms with Crippen molar-refractivity contribution in [2.75, 3.05) is 19.4 Å². The van der Waals surface area contributed by atoms with Gasteiger partial charge in [0, 0.05) is 27.7 Å². The van der Waals surface area contributed by atoms with Crippen LogP contribution in [0.1, 0.15) is 33.6 Å². The minimum Gasteiger partial charge on any atom is -0.343 e. The van der Waals surface area contributed by atoms with Gasteiger partial charge in [-0.05, 0) is 29.8 Å². The van der Waals surface area contributed by atoms with E-state index in [1.54, 1.807) is 30.5 Å². The lowest BCUT2D eigenvalue weighted by Gasteiger charge is -2.13. The van der Waals surface area contributed by atoms with Gasteiger partial charge in [-0.25, -0.2) is 0 Å². The molecule has 0 bridgehead atoms. The molecule has 0 atom stereocenters. The van der Waals surface area contributed by atoms with Crippen LogP contribution >= 0.6 is 15.9 Å². The molecule has 2 amide bonds. The molecule has 0 spiro atoms. The van der Waals surface area contributed by atoms with Gasteiger partial charge >= 0.3 is 0 Å². The van der Waals surface area contributed by atoms with Crippen LogP contribution in [-0.4, -0.2) is 50.4 Å². The number of halogens is 1. The number of anilines is 1. The number of rotatable bonds is 4. The van der Waals surface area contributed by atoms with Crippen LogP contribution in [0, 0.1) is 6.92 Å². The maximum Gasteiger partial charge on any atom is 0.277 e. The van der Waals surface area contributed by atoms with Crippen molar-refractivity contribution in [3.05, 3.63) is 27.8 Å². The minimum atomic E-state index is -0.399. The summed E-state index contributed by atoms with van der Waals surface area (Å²) in [5.74, 6) is -0.625. The summed E-state index contributed by atoms with van der Waals surface area (Å²) in [6, 6.07) is 0. The highest BCUT2D eigenvalue weighted by Gasteiger charge is 2.24. The molecule has 9 heteroatoms. The Bertz CT molecular complexity index is 762. The highest BCUT2D eigenvalue weighted by Crippen LogP contribution is 2.23. The molecule has 124 valence electrons. The van der Waals surface area contributed by atoms with Crippen molar-refractivity contribution in [1.82, 2.24) is 24.5 Å². The average Bonchev–Trinajstić information content (AvgIpc) is 3.02. The van der Waals surface area contributed by atoms with Gasteiger partial charge in [-0.15, -0.1) is 0 Å². The molecule has 8 nitrogen and oxygen atoms in total. The second-order valence-corrected chi connectivity index (χ2v) is 6.04. The first-order valence-electron chi connectivity index (χ1n) is 7.05. The molecular formula is C14H19BrN6O2. The van der Waals surface area contributed by atoms with Crippen molar-refractivity contribution in [1.29, 1.82) is 0 Å². The molecule has 0 saturated carbocycles. The van der Waals surface area contributed by atoms with Crippen molar-refractivity contribution >= 4 is 33.4 Å². The Balaban J connectivity index is 2.36. The predicted molar refractivity (Wildman–Crippen MR) is 89.5 cm³/mol. The third kappa shape index (κ3) is 3.14. The number of hydrogen-bond acceptors (Lipinski definition) is 4. The molecule has 2 aromatic heterocycles. The third-order valence-electron chi connectivity index (χ3n) is 3.47. The number of nitrogens with one attached hydrogen (secondary N) is 1. The van der Waals surface area contributed by atoms with Crippen LogP contribution in [-0.2, 0) is 13.6 Å². The maximum atomic E-state index is 12.5. The molecule has 0 aliphatic rings. The van der Waals surface area contributed by atoms with Gasteiger partial charge < -0.3 is 10.2 Å². The SMILES string of the molecule is CCn1ncc(NC(=O)c2nn(C)c(C)c2Br)c1C(=O)N(C)C. The smallest absolute Gasteiger partial charge is 0.277 e. The van der Waals surface area contributed by atoms with E-state index in [1.165, 1.54) is 11.1 Å². The quantitative estimate of drug-likeness (QED) is 0.870. The van der Waals surface area contributed by atoms with Crippen molar-refractivity contribution < 1.29 is 9.59 Å². The fourth-order valence-electron chi connectivity index (χ4n) is 2.06. The number of carbonyl (C=O) groups is 2. The lowest BCUT2D eigenvalue weighted by atomic mass is 10.3. The molecule has 0 saturated heterocycles. The Morgan fingerprint density at radius 1 is 1.39 bits per heavy atom. The first kappa shape index (κ1) is 17.2. The summed E-state index contributed by atoms with van der Waals surface area (Å²) in [6.45, 7) is 4.25. The highest BCUT2D eigenvalue weighted by atomic mass is 79.9. The molecule has 0 radical (unpaired) electrons. The van der Waals surface area contributed by atoms with E-state index in [0.29, 0.717) is 22.4 Å². The molecule has 2 heterocycles. The van der Waals surface area contributed by atoms with Crippen molar-refractivity contribution in [2.24, 2.45) is 7.05 Å². The van der Waals surface area contributed by atoms with Gasteiger partial charge in [0.2, 0.25) is 0 Å². The van der Waals surface area contributed by atoms with Crippen molar-refractivity contribution in [2.45, 2.75) is 20.4 Å². The Labute approximate surface area is 142 Å². The fourth-order valence-corrected chi connectivity index (χ4v) is 2.58. The fraction of sp³-hybridized carbons (Fsp3) is 0.429. The van der Waals surface area contributed by atoms with Gasteiger partial charge in [0.15, 0.2) is 5.69 Å². The number of nitrogens with zero attached hydrogens (tertiary/aromatic N) is 5. The average molecular weight is 383 g/mol. The largest absolute Gasteiger partial charge is 0.343 e. The van der Waals surface area contributed by atoms with E-state index in [9.17, 15) is 9.59 Å². The zero-order valence-corrected chi connectivity index (χ0v) is 15.3. The number of amides is 2. The molecule has 0 unspecified atom stereocenters. The van der Waals surface area contributed by atoms with E-state index >= 15 is 0 Å². The Kier molecular flexibility index (Phi) is 4.88. The van der Waals surface area contributed by atoms with Crippen LogP contribution < -0.4 is 5.32 Å². The molecule has 23 heavy (non-hydrogen) atoms. The van der Waals surface area contributed by atoms with Crippen molar-refractivity contribution in [3.63, 3.8) is 0 Å². The maximum absolute atomic E-state index is 12.5. The lowest BCUT2D eigenvalue weighted by molar-refractivity contribution is 0.0816. The lowest BCUT2D eigenvalue weighted by Crippen LogP contribution is -2.26. The van der Waals surface area contributed by atoms with Crippen molar-refractivity contribution in [3.8, 4) is 0 Å². The normalized spacial score (nSPS) is 10.7.